The lowest BCUT2D eigenvalue weighted by molar-refractivity contribution is -0.123. The number of carbonyl (C=O) groups excluding carboxylic acids is 1. The first kappa shape index (κ1) is 18.9. The first-order chi connectivity index (χ1) is 13.1. The van der Waals surface area contributed by atoms with Gasteiger partial charge in [-0.05, 0) is 43.0 Å². The number of hydrogen-bond donors (Lipinski definition) is 1. The minimum absolute atomic E-state index is 0.112. The Kier molecular flexibility index (Phi) is 6.10. The van der Waals surface area contributed by atoms with Gasteiger partial charge in [0, 0.05) is 25.2 Å². The molecule has 0 unspecified atom stereocenters. The Morgan fingerprint density at radius 2 is 1.89 bits per heavy atom. The molecule has 0 aromatic heterocycles. The predicted molar refractivity (Wildman–Crippen MR) is 103 cm³/mol. The van der Waals surface area contributed by atoms with Crippen LogP contribution < -0.4 is 10.1 Å². The second kappa shape index (κ2) is 8.70. The Morgan fingerprint density at radius 1 is 1.19 bits per heavy atom. The summed E-state index contributed by atoms with van der Waals surface area (Å²) in [5.41, 5.74) is 2.80. The van der Waals surface area contributed by atoms with Crippen LogP contribution >= 0.6 is 0 Å². The molecule has 0 atom stereocenters. The molecule has 1 heterocycles. The Bertz CT molecular complexity index is 835. The van der Waals surface area contributed by atoms with Gasteiger partial charge >= 0.3 is 0 Å². The second-order valence-electron chi connectivity index (χ2n) is 6.88. The SMILES string of the molecule is Cc1ccccc1C1(CNC(=O)COc2ccccc2C#N)CCOCC1. The van der Waals surface area contributed by atoms with Crippen LogP contribution in [0.2, 0.25) is 0 Å². The van der Waals surface area contributed by atoms with Crippen molar-refractivity contribution < 1.29 is 14.3 Å². The molecule has 1 N–H and O–H groups in total. The highest BCUT2D eigenvalue weighted by molar-refractivity contribution is 5.77. The smallest absolute Gasteiger partial charge is 0.257 e. The molecule has 0 bridgehead atoms. The van der Waals surface area contributed by atoms with Gasteiger partial charge < -0.3 is 14.8 Å². The molecule has 5 nitrogen and oxygen atoms in total. The van der Waals surface area contributed by atoms with Crippen LogP contribution in [0, 0.1) is 18.3 Å². The van der Waals surface area contributed by atoms with Gasteiger partial charge in [0.05, 0.1) is 5.56 Å². The quantitative estimate of drug-likeness (QED) is 0.855. The average Bonchev–Trinajstić information content (AvgIpc) is 2.72. The molecule has 1 aliphatic rings. The summed E-state index contributed by atoms with van der Waals surface area (Å²) in [6, 6.07) is 17.3. The molecule has 27 heavy (non-hydrogen) atoms. The van der Waals surface area contributed by atoms with Gasteiger partial charge in [-0.15, -0.1) is 0 Å². The number of ether oxygens (including phenoxy) is 2. The fourth-order valence-electron chi connectivity index (χ4n) is 3.62. The third-order valence-corrected chi connectivity index (χ3v) is 5.16. The summed E-state index contributed by atoms with van der Waals surface area (Å²) < 4.78 is 11.1. The number of nitriles is 1. The zero-order valence-electron chi connectivity index (χ0n) is 15.5. The van der Waals surface area contributed by atoms with Gasteiger partial charge in [-0.3, -0.25) is 4.79 Å². The molecule has 1 saturated heterocycles. The largest absolute Gasteiger partial charge is 0.482 e. The number of nitrogens with zero attached hydrogens (tertiary/aromatic N) is 1. The number of rotatable bonds is 6. The lowest BCUT2D eigenvalue weighted by Crippen LogP contribution is -2.46. The normalized spacial score (nSPS) is 15.6. The lowest BCUT2D eigenvalue weighted by Gasteiger charge is -2.39. The zero-order valence-corrected chi connectivity index (χ0v) is 15.5. The van der Waals surface area contributed by atoms with Crippen molar-refractivity contribution in [2.75, 3.05) is 26.4 Å². The van der Waals surface area contributed by atoms with Gasteiger partial charge in [-0.2, -0.15) is 5.26 Å². The molecule has 2 aromatic carbocycles. The second-order valence-corrected chi connectivity index (χ2v) is 6.88. The molecule has 0 spiro atoms. The molecule has 3 rings (SSSR count). The molecule has 140 valence electrons. The maximum atomic E-state index is 12.4. The topological polar surface area (TPSA) is 71.3 Å². The first-order valence-electron chi connectivity index (χ1n) is 9.17. The summed E-state index contributed by atoms with van der Waals surface area (Å²) >= 11 is 0. The highest BCUT2D eigenvalue weighted by atomic mass is 16.5. The molecule has 1 fully saturated rings. The molecule has 5 heteroatoms. The number of carbonyl (C=O) groups is 1. The Labute approximate surface area is 159 Å². The number of nitrogens with one attached hydrogen (secondary N) is 1. The molecule has 1 aliphatic heterocycles. The molecular formula is C22H24N2O3. The van der Waals surface area contributed by atoms with Crippen LogP contribution in [0.4, 0.5) is 0 Å². The van der Waals surface area contributed by atoms with E-state index in [4.69, 9.17) is 14.7 Å². The van der Waals surface area contributed by atoms with E-state index in [0.717, 1.165) is 12.8 Å². The van der Waals surface area contributed by atoms with Crippen molar-refractivity contribution in [3.05, 3.63) is 65.2 Å². The van der Waals surface area contributed by atoms with Crippen molar-refractivity contribution in [1.82, 2.24) is 5.32 Å². The minimum Gasteiger partial charge on any atom is -0.482 e. The standard InChI is InChI=1S/C22H24N2O3/c1-17-6-2-4-8-19(17)22(10-12-26-13-11-22)16-24-21(25)15-27-20-9-5-3-7-18(20)14-23/h2-9H,10-13,15-16H2,1H3,(H,24,25). The summed E-state index contributed by atoms with van der Waals surface area (Å²) in [6.07, 6.45) is 1.74. The highest BCUT2D eigenvalue weighted by Crippen LogP contribution is 2.36. The van der Waals surface area contributed by atoms with Gasteiger partial charge in [0.25, 0.3) is 5.91 Å². The average molecular weight is 364 g/mol. The van der Waals surface area contributed by atoms with Gasteiger partial charge in [-0.25, -0.2) is 0 Å². The van der Waals surface area contributed by atoms with E-state index in [-0.39, 0.29) is 17.9 Å². The molecular weight excluding hydrogens is 340 g/mol. The van der Waals surface area contributed by atoms with Gasteiger partial charge in [-0.1, -0.05) is 36.4 Å². The Morgan fingerprint density at radius 3 is 2.63 bits per heavy atom. The van der Waals surface area contributed by atoms with E-state index in [1.165, 1.54) is 11.1 Å². The van der Waals surface area contributed by atoms with Crippen LogP contribution in [0.5, 0.6) is 5.75 Å². The van der Waals surface area contributed by atoms with Crippen LogP contribution in [0.25, 0.3) is 0 Å². The molecule has 0 aliphatic carbocycles. The van der Waals surface area contributed by atoms with Crippen LogP contribution in [-0.2, 0) is 14.9 Å². The zero-order chi connectivity index (χ0) is 19.1. The predicted octanol–water partition coefficient (Wildman–Crippen LogP) is 3.11. The third-order valence-electron chi connectivity index (χ3n) is 5.16. The monoisotopic (exact) mass is 364 g/mol. The maximum absolute atomic E-state index is 12.4. The number of amides is 1. The third kappa shape index (κ3) is 4.47. The number of benzene rings is 2. The van der Waals surface area contributed by atoms with Gasteiger partial charge in [0.15, 0.2) is 6.61 Å². The van der Waals surface area contributed by atoms with E-state index in [9.17, 15) is 4.79 Å². The van der Waals surface area contributed by atoms with E-state index in [1.54, 1.807) is 24.3 Å². The Hall–Kier alpha value is -2.84. The number of aryl methyl sites for hydroxylation is 1. The summed E-state index contributed by atoms with van der Waals surface area (Å²) in [7, 11) is 0. The van der Waals surface area contributed by atoms with Crippen molar-refractivity contribution in [1.29, 1.82) is 5.26 Å². The van der Waals surface area contributed by atoms with Crippen molar-refractivity contribution in [2.45, 2.75) is 25.2 Å². The maximum Gasteiger partial charge on any atom is 0.257 e. The van der Waals surface area contributed by atoms with Gasteiger partial charge in [0.2, 0.25) is 0 Å². The van der Waals surface area contributed by atoms with Crippen molar-refractivity contribution in [3.63, 3.8) is 0 Å². The van der Waals surface area contributed by atoms with Crippen molar-refractivity contribution in [3.8, 4) is 11.8 Å². The van der Waals surface area contributed by atoms with Crippen LogP contribution in [0.15, 0.2) is 48.5 Å². The fourth-order valence-corrected chi connectivity index (χ4v) is 3.62. The molecule has 0 saturated carbocycles. The highest BCUT2D eigenvalue weighted by Gasteiger charge is 2.35. The lowest BCUT2D eigenvalue weighted by atomic mass is 9.72. The van der Waals surface area contributed by atoms with E-state index in [1.807, 2.05) is 12.1 Å². The summed E-state index contributed by atoms with van der Waals surface area (Å²) in [5, 5.41) is 12.1. The molecule has 2 aromatic rings. The van der Waals surface area contributed by atoms with Crippen LogP contribution in [0.3, 0.4) is 0 Å². The molecule has 1 amide bonds. The number of para-hydroxylation sites is 1. The van der Waals surface area contributed by atoms with Crippen LogP contribution in [0.1, 0.15) is 29.5 Å². The van der Waals surface area contributed by atoms with E-state index in [0.29, 0.717) is 31.1 Å². The van der Waals surface area contributed by atoms with Crippen LogP contribution in [-0.4, -0.2) is 32.3 Å². The van der Waals surface area contributed by atoms with Crippen molar-refractivity contribution >= 4 is 5.91 Å². The summed E-state index contributed by atoms with van der Waals surface area (Å²) in [4.78, 5) is 12.4. The summed E-state index contributed by atoms with van der Waals surface area (Å²) in [5.74, 6) is 0.233. The fraction of sp³-hybridized carbons (Fsp3) is 0.364. The minimum atomic E-state index is -0.192. The molecule has 0 radical (unpaired) electrons. The summed E-state index contributed by atoms with van der Waals surface area (Å²) in [6.45, 7) is 3.92. The van der Waals surface area contributed by atoms with E-state index >= 15 is 0 Å². The Balaban J connectivity index is 1.65. The van der Waals surface area contributed by atoms with E-state index < -0.39 is 0 Å². The number of hydrogen-bond acceptors (Lipinski definition) is 4. The first-order valence-corrected chi connectivity index (χ1v) is 9.17. The van der Waals surface area contributed by atoms with Gasteiger partial charge in [0.1, 0.15) is 11.8 Å². The van der Waals surface area contributed by atoms with E-state index in [2.05, 4.69) is 30.4 Å². The van der Waals surface area contributed by atoms with Crippen molar-refractivity contribution in [2.24, 2.45) is 0 Å².